The molecule has 6 heteroatoms. The Hall–Kier alpha value is -2.63. The van der Waals surface area contributed by atoms with Gasteiger partial charge >= 0.3 is 11.9 Å². The van der Waals surface area contributed by atoms with Crippen molar-refractivity contribution < 1.29 is 28.6 Å². The molecule has 0 spiro atoms. The minimum atomic E-state index is -0.567. The molecule has 130 valence electrons. The minimum Gasteiger partial charge on any atom is -0.490 e. The van der Waals surface area contributed by atoms with Crippen LogP contribution in [-0.4, -0.2) is 31.4 Å². The molecule has 1 aromatic carbocycles. The molecule has 1 rings (SSSR count). The molecule has 24 heavy (non-hydrogen) atoms. The number of rotatable bonds is 10. The van der Waals surface area contributed by atoms with Gasteiger partial charge in [0, 0.05) is 17.9 Å². The van der Waals surface area contributed by atoms with Gasteiger partial charge in [-0.15, -0.1) is 0 Å². The molecule has 1 aromatic rings. The predicted octanol–water partition coefficient (Wildman–Crippen LogP) is 2.71. The van der Waals surface area contributed by atoms with E-state index < -0.39 is 17.9 Å². The summed E-state index contributed by atoms with van der Waals surface area (Å²) in [7, 11) is 0. The standard InChI is InChI=1S/C18H22O6/c1-4-22-15-7-5-6-8-16(15)24-17(20)10-9-14(11-19)12-23-18(21)13(2)3/h5-8,11,14H,2,4,9-10,12H2,1,3H3. The highest BCUT2D eigenvalue weighted by molar-refractivity contribution is 5.87. The molecule has 0 saturated heterocycles. The highest BCUT2D eigenvalue weighted by atomic mass is 16.6. The molecule has 0 radical (unpaired) electrons. The van der Waals surface area contributed by atoms with Gasteiger partial charge in [0.2, 0.25) is 0 Å². The van der Waals surface area contributed by atoms with E-state index in [1.165, 1.54) is 6.92 Å². The number of ether oxygens (including phenoxy) is 3. The van der Waals surface area contributed by atoms with Crippen LogP contribution in [0, 0.1) is 5.92 Å². The van der Waals surface area contributed by atoms with E-state index in [0.717, 1.165) is 0 Å². The average Bonchev–Trinajstić information content (AvgIpc) is 2.56. The first-order valence-corrected chi connectivity index (χ1v) is 7.68. The van der Waals surface area contributed by atoms with E-state index in [1.54, 1.807) is 24.3 Å². The van der Waals surface area contributed by atoms with Crippen LogP contribution in [0.1, 0.15) is 26.7 Å². The SMILES string of the molecule is C=C(C)C(=O)OCC(C=O)CCC(=O)Oc1ccccc1OCC. The van der Waals surface area contributed by atoms with Gasteiger partial charge in [-0.25, -0.2) is 4.79 Å². The first-order valence-electron chi connectivity index (χ1n) is 7.68. The summed E-state index contributed by atoms with van der Waals surface area (Å²) >= 11 is 0. The van der Waals surface area contributed by atoms with Gasteiger partial charge < -0.3 is 19.0 Å². The third kappa shape index (κ3) is 6.64. The summed E-state index contributed by atoms with van der Waals surface area (Å²) in [6.45, 7) is 7.18. The van der Waals surface area contributed by atoms with Crippen LogP contribution in [0.5, 0.6) is 11.5 Å². The number of esters is 2. The van der Waals surface area contributed by atoms with Crippen LogP contribution in [0.15, 0.2) is 36.4 Å². The smallest absolute Gasteiger partial charge is 0.333 e. The summed E-state index contributed by atoms with van der Waals surface area (Å²) in [6, 6.07) is 6.85. The molecule has 0 aromatic heterocycles. The Labute approximate surface area is 141 Å². The Bertz CT molecular complexity index is 593. The van der Waals surface area contributed by atoms with Gasteiger partial charge in [0.25, 0.3) is 0 Å². The summed E-state index contributed by atoms with van der Waals surface area (Å²) in [5, 5.41) is 0. The maximum atomic E-state index is 11.9. The lowest BCUT2D eigenvalue weighted by Crippen LogP contribution is -2.18. The van der Waals surface area contributed by atoms with Crippen molar-refractivity contribution in [2.45, 2.75) is 26.7 Å². The summed E-state index contributed by atoms with van der Waals surface area (Å²) in [4.78, 5) is 34.2. The Morgan fingerprint density at radius 3 is 2.50 bits per heavy atom. The maximum Gasteiger partial charge on any atom is 0.333 e. The number of para-hydroxylation sites is 2. The summed E-state index contributed by atoms with van der Waals surface area (Å²) < 4.78 is 15.5. The molecule has 0 fully saturated rings. The second-order valence-electron chi connectivity index (χ2n) is 5.17. The van der Waals surface area contributed by atoms with E-state index >= 15 is 0 Å². The van der Waals surface area contributed by atoms with Crippen molar-refractivity contribution in [3.05, 3.63) is 36.4 Å². The number of carbonyl (C=O) groups is 3. The zero-order valence-electron chi connectivity index (χ0n) is 13.9. The van der Waals surface area contributed by atoms with Gasteiger partial charge in [-0.05, 0) is 32.4 Å². The molecular weight excluding hydrogens is 312 g/mol. The lowest BCUT2D eigenvalue weighted by atomic mass is 10.1. The normalized spacial score (nSPS) is 11.2. The highest BCUT2D eigenvalue weighted by Gasteiger charge is 2.16. The van der Waals surface area contributed by atoms with Crippen LogP contribution < -0.4 is 9.47 Å². The van der Waals surface area contributed by atoms with Gasteiger partial charge in [0.05, 0.1) is 6.61 Å². The lowest BCUT2D eigenvalue weighted by molar-refractivity contribution is -0.141. The quantitative estimate of drug-likeness (QED) is 0.283. The number of hydrogen-bond donors (Lipinski definition) is 0. The van der Waals surface area contributed by atoms with Crippen molar-refractivity contribution in [2.24, 2.45) is 5.92 Å². The zero-order chi connectivity index (χ0) is 17.9. The number of carbonyl (C=O) groups excluding carboxylic acids is 3. The number of hydrogen-bond acceptors (Lipinski definition) is 6. The second-order valence-corrected chi connectivity index (χ2v) is 5.17. The van der Waals surface area contributed by atoms with Gasteiger partial charge in [0.15, 0.2) is 11.5 Å². The highest BCUT2D eigenvalue weighted by Crippen LogP contribution is 2.26. The third-order valence-corrected chi connectivity index (χ3v) is 3.06. The van der Waals surface area contributed by atoms with Crippen molar-refractivity contribution >= 4 is 18.2 Å². The van der Waals surface area contributed by atoms with Crippen LogP contribution in [0.2, 0.25) is 0 Å². The van der Waals surface area contributed by atoms with E-state index in [2.05, 4.69) is 6.58 Å². The van der Waals surface area contributed by atoms with Crippen molar-refractivity contribution in [2.75, 3.05) is 13.2 Å². The molecule has 1 atom stereocenters. The Morgan fingerprint density at radius 2 is 1.92 bits per heavy atom. The first-order chi connectivity index (χ1) is 11.5. The molecule has 1 unspecified atom stereocenters. The first kappa shape index (κ1) is 19.4. The molecule has 0 N–H and O–H groups in total. The minimum absolute atomic E-state index is 0.0223. The second kappa shape index (κ2) is 10.2. The molecule has 0 heterocycles. The summed E-state index contributed by atoms with van der Waals surface area (Å²) in [5.74, 6) is -0.797. The largest absolute Gasteiger partial charge is 0.490 e. The van der Waals surface area contributed by atoms with Gasteiger partial charge in [-0.3, -0.25) is 4.79 Å². The number of aldehydes is 1. The van der Waals surface area contributed by atoms with E-state index in [4.69, 9.17) is 14.2 Å². The van der Waals surface area contributed by atoms with Crippen molar-refractivity contribution in [3.63, 3.8) is 0 Å². The topological polar surface area (TPSA) is 78.9 Å². The van der Waals surface area contributed by atoms with Crippen LogP contribution in [0.4, 0.5) is 0 Å². The van der Waals surface area contributed by atoms with Crippen LogP contribution in [-0.2, 0) is 19.1 Å². The molecule has 0 aliphatic carbocycles. The summed E-state index contributed by atoms with van der Waals surface area (Å²) in [5.41, 5.74) is 0.256. The predicted molar refractivity (Wildman–Crippen MR) is 87.8 cm³/mol. The van der Waals surface area contributed by atoms with E-state index in [-0.39, 0.29) is 25.0 Å². The Balaban J connectivity index is 2.48. The van der Waals surface area contributed by atoms with Crippen molar-refractivity contribution in [1.82, 2.24) is 0 Å². The van der Waals surface area contributed by atoms with Crippen molar-refractivity contribution in [1.29, 1.82) is 0 Å². The Morgan fingerprint density at radius 1 is 1.25 bits per heavy atom. The third-order valence-electron chi connectivity index (χ3n) is 3.06. The lowest BCUT2D eigenvalue weighted by Gasteiger charge is -2.12. The van der Waals surface area contributed by atoms with E-state index in [9.17, 15) is 14.4 Å². The van der Waals surface area contributed by atoms with E-state index in [0.29, 0.717) is 24.4 Å². The van der Waals surface area contributed by atoms with Gasteiger partial charge in [-0.1, -0.05) is 18.7 Å². The Kier molecular flexibility index (Phi) is 8.25. The molecular formula is C18H22O6. The maximum absolute atomic E-state index is 11.9. The zero-order valence-corrected chi connectivity index (χ0v) is 13.9. The van der Waals surface area contributed by atoms with Crippen molar-refractivity contribution in [3.8, 4) is 11.5 Å². The summed E-state index contributed by atoms with van der Waals surface area (Å²) in [6.07, 6.45) is 0.907. The van der Waals surface area contributed by atoms with Gasteiger partial charge in [0.1, 0.15) is 12.9 Å². The van der Waals surface area contributed by atoms with Gasteiger partial charge in [-0.2, -0.15) is 0 Å². The van der Waals surface area contributed by atoms with Crippen LogP contribution >= 0.6 is 0 Å². The fourth-order valence-corrected chi connectivity index (χ4v) is 1.78. The fourth-order valence-electron chi connectivity index (χ4n) is 1.78. The number of benzene rings is 1. The molecule has 0 amide bonds. The van der Waals surface area contributed by atoms with Crippen LogP contribution in [0.25, 0.3) is 0 Å². The fraction of sp³-hybridized carbons (Fsp3) is 0.389. The molecule has 0 bridgehead atoms. The average molecular weight is 334 g/mol. The monoisotopic (exact) mass is 334 g/mol. The van der Waals surface area contributed by atoms with Crippen LogP contribution in [0.3, 0.4) is 0 Å². The molecule has 6 nitrogen and oxygen atoms in total. The molecule has 0 aliphatic heterocycles. The molecule has 0 saturated carbocycles. The molecule has 0 aliphatic rings. The van der Waals surface area contributed by atoms with E-state index in [1.807, 2.05) is 6.92 Å².